The average molecular weight is 378 g/mol. The smallest absolute Gasteiger partial charge is 0.308 e. The third-order valence-corrected chi connectivity index (χ3v) is 4.39. The normalized spacial score (nSPS) is 10.5. The molecule has 134 valence electrons. The van der Waals surface area contributed by atoms with Crippen LogP contribution in [0.15, 0.2) is 61.3 Å². The number of hydrogen-bond donors (Lipinski definition) is 2. The fourth-order valence-electron chi connectivity index (χ4n) is 2.37. The van der Waals surface area contributed by atoms with Crippen LogP contribution in [0.25, 0.3) is 10.7 Å². The Morgan fingerprint density at radius 1 is 1.11 bits per heavy atom. The van der Waals surface area contributed by atoms with Crippen molar-refractivity contribution in [2.75, 3.05) is 10.6 Å². The zero-order valence-electron chi connectivity index (χ0n) is 14.0. The predicted molar refractivity (Wildman–Crippen MR) is 101 cm³/mol. The Balaban J connectivity index is 1.39. The fourth-order valence-corrected chi connectivity index (χ4v) is 3.09. The Bertz CT molecular complexity index is 1030. The Labute approximate surface area is 158 Å². The molecule has 4 aromatic rings. The first-order valence-corrected chi connectivity index (χ1v) is 8.82. The predicted octanol–water partition coefficient (Wildman–Crippen LogP) is 2.88. The van der Waals surface area contributed by atoms with Gasteiger partial charge in [-0.2, -0.15) is 5.10 Å². The van der Waals surface area contributed by atoms with Gasteiger partial charge in [0, 0.05) is 11.9 Å². The molecule has 9 nitrogen and oxygen atoms in total. The van der Waals surface area contributed by atoms with Gasteiger partial charge in [-0.15, -0.1) is 10.2 Å². The number of carbonyl (C=O) groups excluding carboxylic acids is 1. The second-order valence-corrected chi connectivity index (χ2v) is 6.48. The molecule has 2 amide bonds. The van der Waals surface area contributed by atoms with Crippen LogP contribution in [0.4, 0.5) is 15.6 Å². The van der Waals surface area contributed by atoms with Gasteiger partial charge < -0.3 is 5.32 Å². The lowest BCUT2D eigenvalue weighted by atomic mass is 10.2. The van der Waals surface area contributed by atoms with Crippen LogP contribution in [0.3, 0.4) is 0 Å². The first kappa shape index (κ1) is 16.8. The number of benzene rings is 1. The SMILES string of the molecule is O=C(Nc1cccc(Cn2cncn2)c1)Nc1nnc(-c2ccccn2)s1. The van der Waals surface area contributed by atoms with Crippen molar-refractivity contribution in [3.63, 3.8) is 0 Å². The van der Waals surface area contributed by atoms with Crippen LogP contribution in [0.2, 0.25) is 0 Å². The van der Waals surface area contributed by atoms with Crippen LogP contribution in [-0.2, 0) is 6.54 Å². The van der Waals surface area contributed by atoms with Crippen molar-refractivity contribution in [1.82, 2.24) is 29.9 Å². The largest absolute Gasteiger partial charge is 0.325 e. The summed E-state index contributed by atoms with van der Waals surface area (Å²) in [6.45, 7) is 0.570. The number of amides is 2. The first-order chi connectivity index (χ1) is 13.3. The molecule has 0 fully saturated rings. The first-order valence-electron chi connectivity index (χ1n) is 8.00. The van der Waals surface area contributed by atoms with E-state index in [4.69, 9.17) is 0 Å². The lowest BCUT2D eigenvalue weighted by Gasteiger charge is -2.07. The van der Waals surface area contributed by atoms with E-state index in [1.807, 2.05) is 42.5 Å². The van der Waals surface area contributed by atoms with Gasteiger partial charge in [-0.25, -0.2) is 14.5 Å². The lowest BCUT2D eigenvalue weighted by Crippen LogP contribution is -2.19. The minimum absolute atomic E-state index is 0.392. The van der Waals surface area contributed by atoms with Gasteiger partial charge in [0.15, 0.2) is 5.01 Å². The summed E-state index contributed by atoms with van der Waals surface area (Å²) in [6.07, 6.45) is 4.81. The van der Waals surface area contributed by atoms with Crippen molar-refractivity contribution < 1.29 is 4.79 Å². The summed E-state index contributed by atoms with van der Waals surface area (Å²) < 4.78 is 1.71. The molecule has 0 radical (unpaired) electrons. The standard InChI is InChI=1S/C17H14N8OS/c26-16(22-17-24-23-15(27-17)14-6-1-2-7-19-14)21-13-5-3-4-12(8-13)9-25-11-18-10-20-25/h1-8,10-11H,9H2,(H2,21,22,24,26). The molecule has 10 heteroatoms. The maximum atomic E-state index is 12.2. The zero-order valence-corrected chi connectivity index (χ0v) is 14.8. The van der Waals surface area contributed by atoms with E-state index in [0.717, 1.165) is 5.56 Å². The Hall–Kier alpha value is -3.66. The molecule has 3 aromatic heterocycles. The van der Waals surface area contributed by atoms with E-state index >= 15 is 0 Å². The van der Waals surface area contributed by atoms with E-state index in [2.05, 4.69) is 35.9 Å². The van der Waals surface area contributed by atoms with E-state index in [0.29, 0.717) is 28.1 Å². The van der Waals surface area contributed by atoms with Gasteiger partial charge in [0.1, 0.15) is 18.3 Å². The topological polar surface area (TPSA) is 111 Å². The molecule has 0 atom stereocenters. The number of pyridine rings is 1. The number of anilines is 2. The Morgan fingerprint density at radius 3 is 2.89 bits per heavy atom. The molecule has 3 heterocycles. The second-order valence-electron chi connectivity index (χ2n) is 5.50. The molecule has 0 saturated heterocycles. The molecule has 2 N–H and O–H groups in total. The van der Waals surface area contributed by atoms with Crippen molar-refractivity contribution in [1.29, 1.82) is 0 Å². The highest BCUT2D eigenvalue weighted by Gasteiger charge is 2.10. The van der Waals surface area contributed by atoms with Crippen molar-refractivity contribution in [3.05, 3.63) is 66.9 Å². The van der Waals surface area contributed by atoms with Crippen LogP contribution in [0, 0.1) is 0 Å². The molecule has 0 bridgehead atoms. The number of urea groups is 1. The van der Waals surface area contributed by atoms with Gasteiger partial charge in [0.2, 0.25) is 5.13 Å². The quantitative estimate of drug-likeness (QED) is 0.552. The average Bonchev–Trinajstić information content (AvgIpc) is 3.35. The summed E-state index contributed by atoms with van der Waals surface area (Å²) >= 11 is 1.26. The molecular weight excluding hydrogens is 364 g/mol. The minimum atomic E-state index is -0.392. The summed E-state index contributed by atoms with van der Waals surface area (Å²) in [5.41, 5.74) is 2.37. The molecule has 0 saturated carbocycles. The molecule has 0 aliphatic rings. The maximum absolute atomic E-state index is 12.2. The number of aromatic nitrogens is 6. The number of nitrogens with zero attached hydrogens (tertiary/aromatic N) is 6. The molecule has 0 aliphatic carbocycles. The van der Waals surface area contributed by atoms with Crippen molar-refractivity contribution in [2.45, 2.75) is 6.54 Å². The van der Waals surface area contributed by atoms with Crippen molar-refractivity contribution in [3.8, 4) is 10.7 Å². The molecule has 1 aromatic carbocycles. The lowest BCUT2D eigenvalue weighted by molar-refractivity contribution is 0.262. The Kier molecular flexibility index (Phi) is 4.79. The van der Waals surface area contributed by atoms with E-state index in [1.165, 1.54) is 17.7 Å². The van der Waals surface area contributed by atoms with E-state index < -0.39 is 6.03 Å². The summed E-state index contributed by atoms with van der Waals surface area (Å²) in [5.74, 6) is 0. The molecule has 4 rings (SSSR count). The van der Waals surface area contributed by atoms with Crippen LogP contribution in [-0.4, -0.2) is 36.0 Å². The van der Waals surface area contributed by atoms with E-state index in [-0.39, 0.29) is 0 Å². The van der Waals surface area contributed by atoms with Crippen LogP contribution in [0.5, 0.6) is 0 Å². The van der Waals surface area contributed by atoms with Gasteiger partial charge in [-0.3, -0.25) is 10.3 Å². The maximum Gasteiger partial charge on any atom is 0.325 e. The van der Waals surface area contributed by atoms with Crippen LogP contribution < -0.4 is 10.6 Å². The Morgan fingerprint density at radius 2 is 2.07 bits per heavy atom. The molecule has 0 unspecified atom stereocenters. The highest BCUT2D eigenvalue weighted by molar-refractivity contribution is 7.18. The summed E-state index contributed by atoms with van der Waals surface area (Å²) in [6, 6.07) is 12.6. The third-order valence-electron chi connectivity index (χ3n) is 3.53. The van der Waals surface area contributed by atoms with Gasteiger partial charge >= 0.3 is 6.03 Å². The molecule has 0 aliphatic heterocycles. The van der Waals surface area contributed by atoms with Crippen molar-refractivity contribution >= 4 is 28.2 Å². The number of nitrogens with one attached hydrogen (secondary N) is 2. The van der Waals surface area contributed by atoms with Gasteiger partial charge in [-0.05, 0) is 29.8 Å². The monoisotopic (exact) mass is 378 g/mol. The zero-order chi connectivity index (χ0) is 18.5. The highest BCUT2D eigenvalue weighted by Crippen LogP contribution is 2.24. The number of hydrogen-bond acceptors (Lipinski definition) is 7. The van der Waals surface area contributed by atoms with E-state index in [9.17, 15) is 4.79 Å². The van der Waals surface area contributed by atoms with E-state index in [1.54, 1.807) is 17.2 Å². The molecule has 27 heavy (non-hydrogen) atoms. The van der Waals surface area contributed by atoms with Gasteiger partial charge in [0.05, 0.1) is 6.54 Å². The van der Waals surface area contributed by atoms with Gasteiger partial charge in [-0.1, -0.05) is 29.5 Å². The summed E-state index contributed by atoms with van der Waals surface area (Å²) in [5, 5.41) is 18.6. The van der Waals surface area contributed by atoms with Crippen molar-refractivity contribution in [2.24, 2.45) is 0 Å². The minimum Gasteiger partial charge on any atom is -0.308 e. The number of rotatable bonds is 5. The van der Waals surface area contributed by atoms with Crippen LogP contribution in [0.1, 0.15) is 5.56 Å². The molecular formula is C17H14N8OS. The molecule has 0 spiro atoms. The highest BCUT2D eigenvalue weighted by atomic mass is 32.1. The second kappa shape index (κ2) is 7.70. The van der Waals surface area contributed by atoms with Crippen LogP contribution >= 0.6 is 11.3 Å². The summed E-state index contributed by atoms with van der Waals surface area (Å²) in [7, 11) is 0. The summed E-state index contributed by atoms with van der Waals surface area (Å²) in [4.78, 5) is 20.4. The van der Waals surface area contributed by atoms with Gasteiger partial charge in [0.25, 0.3) is 0 Å². The fraction of sp³-hybridized carbons (Fsp3) is 0.0588. The number of carbonyl (C=O) groups is 1. The third kappa shape index (κ3) is 4.30.